The van der Waals surface area contributed by atoms with E-state index in [1.165, 1.54) is 24.8 Å². The van der Waals surface area contributed by atoms with Gasteiger partial charge in [0, 0.05) is 12.1 Å². The van der Waals surface area contributed by atoms with E-state index in [2.05, 4.69) is 42.6 Å². The molecule has 0 saturated heterocycles. The summed E-state index contributed by atoms with van der Waals surface area (Å²) in [6, 6.07) is 11.5. The number of benzene rings is 1. The fourth-order valence-electron chi connectivity index (χ4n) is 2.50. The van der Waals surface area contributed by atoms with E-state index in [1.807, 2.05) is 0 Å². The van der Waals surface area contributed by atoms with Gasteiger partial charge in [-0.2, -0.15) is 0 Å². The summed E-state index contributed by atoms with van der Waals surface area (Å²) in [4.78, 5) is 0. The Hall–Kier alpha value is -0.860. The highest BCUT2D eigenvalue weighted by molar-refractivity contribution is 5.17. The molecular formula is C14H22N2. The molecule has 0 spiro atoms. The Labute approximate surface area is 98.2 Å². The minimum atomic E-state index is 0.443. The molecule has 3 N–H and O–H groups in total. The molecule has 1 aromatic rings. The average molecular weight is 218 g/mol. The predicted molar refractivity (Wildman–Crippen MR) is 68.2 cm³/mol. The fraction of sp³-hybridized carbons (Fsp3) is 0.571. The average Bonchev–Trinajstić information content (AvgIpc) is 2.73. The molecule has 1 aromatic carbocycles. The quantitative estimate of drug-likeness (QED) is 0.814. The van der Waals surface area contributed by atoms with Crippen LogP contribution in [0.3, 0.4) is 0 Å². The van der Waals surface area contributed by atoms with Crippen LogP contribution in [0.25, 0.3) is 0 Å². The van der Waals surface area contributed by atoms with E-state index in [0.717, 1.165) is 12.5 Å². The monoisotopic (exact) mass is 218 g/mol. The van der Waals surface area contributed by atoms with E-state index in [9.17, 15) is 0 Å². The second-order valence-corrected chi connectivity index (χ2v) is 4.98. The molecule has 1 saturated carbocycles. The Morgan fingerprint density at radius 1 is 1.31 bits per heavy atom. The van der Waals surface area contributed by atoms with Gasteiger partial charge in [-0.3, -0.25) is 0 Å². The topological polar surface area (TPSA) is 38.0 Å². The summed E-state index contributed by atoms with van der Waals surface area (Å²) in [7, 11) is 0. The van der Waals surface area contributed by atoms with Crippen molar-refractivity contribution in [2.24, 2.45) is 11.7 Å². The van der Waals surface area contributed by atoms with Crippen molar-refractivity contribution in [2.75, 3.05) is 6.54 Å². The van der Waals surface area contributed by atoms with E-state index in [4.69, 9.17) is 5.73 Å². The first-order chi connectivity index (χ1) is 7.75. The van der Waals surface area contributed by atoms with Crippen molar-refractivity contribution in [1.29, 1.82) is 0 Å². The van der Waals surface area contributed by atoms with Gasteiger partial charge < -0.3 is 11.1 Å². The first kappa shape index (κ1) is 11.6. The zero-order valence-electron chi connectivity index (χ0n) is 10.0. The second kappa shape index (κ2) is 5.46. The molecule has 2 nitrogen and oxygen atoms in total. The van der Waals surface area contributed by atoms with Crippen LogP contribution in [0.15, 0.2) is 30.3 Å². The van der Waals surface area contributed by atoms with Gasteiger partial charge in [0.05, 0.1) is 0 Å². The van der Waals surface area contributed by atoms with Crippen LogP contribution in [0.1, 0.15) is 37.8 Å². The van der Waals surface area contributed by atoms with Crippen LogP contribution in [0.2, 0.25) is 0 Å². The largest absolute Gasteiger partial charge is 0.328 e. The highest BCUT2D eigenvalue weighted by atomic mass is 14.9. The third kappa shape index (κ3) is 3.06. The number of nitrogens with two attached hydrogens (primary N) is 1. The van der Waals surface area contributed by atoms with Crippen LogP contribution in [-0.2, 0) is 0 Å². The Kier molecular flexibility index (Phi) is 3.97. The summed E-state index contributed by atoms with van der Waals surface area (Å²) < 4.78 is 0. The molecule has 1 aliphatic rings. The van der Waals surface area contributed by atoms with Crippen LogP contribution in [0.4, 0.5) is 0 Å². The maximum absolute atomic E-state index is 5.91. The van der Waals surface area contributed by atoms with Crippen molar-refractivity contribution in [3.8, 4) is 0 Å². The molecule has 3 atom stereocenters. The molecule has 16 heavy (non-hydrogen) atoms. The van der Waals surface area contributed by atoms with Crippen LogP contribution in [0.5, 0.6) is 0 Å². The van der Waals surface area contributed by atoms with Gasteiger partial charge in [-0.1, -0.05) is 30.3 Å². The van der Waals surface area contributed by atoms with Crippen LogP contribution in [0, 0.1) is 5.92 Å². The third-order valence-electron chi connectivity index (χ3n) is 3.59. The molecule has 0 amide bonds. The molecular weight excluding hydrogens is 196 g/mol. The first-order valence-electron chi connectivity index (χ1n) is 6.29. The van der Waals surface area contributed by atoms with Gasteiger partial charge in [-0.05, 0) is 44.2 Å². The lowest BCUT2D eigenvalue weighted by atomic mass is 10.1. The molecule has 1 fully saturated rings. The Bertz CT molecular complexity index is 310. The number of hydrogen-bond donors (Lipinski definition) is 2. The van der Waals surface area contributed by atoms with E-state index < -0.39 is 0 Å². The van der Waals surface area contributed by atoms with Gasteiger partial charge >= 0.3 is 0 Å². The Balaban J connectivity index is 1.78. The van der Waals surface area contributed by atoms with Crippen molar-refractivity contribution in [3.05, 3.63) is 35.9 Å². The van der Waals surface area contributed by atoms with Crippen LogP contribution in [-0.4, -0.2) is 12.6 Å². The molecule has 0 heterocycles. The van der Waals surface area contributed by atoms with Gasteiger partial charge in [0.1, 0.15) is 0 Å². The summed E-state index contributed by atoms with van der Waals surface area (Å²) in [6.07, 6.45) is 3.68. The van der Waals surface area contributed by atoms with Crippen LogP contribution < -0.4 is 11.1 Å². The molecule has 1 aliphatic carbocycles. The van der Waals surface area contributed by atoms with E-state index in [0.29, 0.717) is 12.1 Å². The van der Waals surface area contributed by atoms with Crippen molar-refractivity contribution in [2.45, 2.75) is 38.3 Å². The molecule has 2 heteroatoms. The normalized spacial score (nSPS) is 26.9. The molecule has 2 rings (SSSR count). The summed E-state index contributed by atoms with van der Waals surface area (Å²) in [6.45, 7) is 3.33. The summed E-state index contributed by atoms with van der Waals surface area (Å²) in [5, 5.41) is 3.61. The second-order valence-electron chi connectivity index (χ2n) is 4.98. The zero-order chi connectivity index (χ0) is 11.4. The van der Waals surface area contributed by atoms with Gasteiger partial charge in [0.2, 0.25) is 0 Å². The fourth-order valence-corrected chi connectivity index (χ4v) is 2.50. The summed E-state index contributed by atoms with van der Waals surface area (Å²) >= 11 is 0. The number of hydrogen-bond acceptors (Lipinski definition) is 2. The van der Waals surface area contributed by atoms with Gasteiger partial charge in [0.25, 0.3) is 0 Å². The molecule has 0 bridgehead atoms. The van der Waals surface area contributed by atoms with Crippen molar-refractivity contribution in [1.82, 2.24) is 5.32 Å². The van der Waals surface area contributed by atoms with E-state index in [1.54, 1.807) is 0 Å². The van der Waals surface area contributed by atoms with Gasteiger partial charge in [-0.25, -0.2) is 0 Å². The standard InChI is InChI=1S/C14H22N2/c1-11(13-5-3-2-4-6-13)16-10-12-7-8-14(15)9-12/h2-6,11-12,14,16H,7-10,15H2,1H3/t11?,12-,14+/m1/s1. The lowest BCUT2D eigenvalue weighted by Crippen LogP contribution is -2.25. The Morgan fingerprint density at radius 2 is 2.06 bits per heavy atom. The molecule has 0 aliphatic heterocycles. The van der Waals surface area contributed by atoms with Gasteiger partial charge in [-0.15, -0.1) is 0 Å². The molecule has 0 aromatic heterocycles. The van der Waals surface area contributed by atoms with Crippen molar-refractivity contribution in [3.63, 3.8) is 0 Å². The predicted octanol–water partition coefficient (Wildman–Crippen LogP) is 2.46. The number of nitrogens with one attached hydrogen (secondary N) is 1. The maximum atomic E-state index is 5.91. The van der Waals surface area contributed by atoms with Gasteiger partial charge in [0.15, 0.2) is 0 Å². The smallest absolute Gasteiger partial charge is 0.0291 e. The SMILES string of the molecule is CC(NC[C@@H]1CC[C@H](N)C1)c1ccccc1. The minimum absolute atomic E-state index is 0.443. The molecule has 0 radical (unpaired) electrons. The molecule has 88 valence electrons. The molecule has 1 unspecified atom stereocenters. The van der Waals surface area contributed by atoms with Crippen molar-refractivity contribution >= 4 is 0 Å². The van der Waals surface area contributed by atoms with Crippen LogP contribution >= 0.6 is 0 Å². The number of rotatable bonds is 4. The first-order valence-corrected chi connectivity index (χ1v) is 6.29. The highest BCUT2D eigenvalue weighted by Crippen LogP contribution is 2.24. The Morgan fingerprint density at radius 3 is 2.69 bits per heavy atom. The zero-order valence-corrected chi connectivity index (χ0v) is 10.0. The summed E-state index contributed by atoms with van der Waals surface area (Å²) in [5.41, 5.74) is 7.28. The van der Waals surface area contributed by atoms with E-state index >= 15 is 0 Å². The lowest BCUT2D eigenvalue weighted by Gasteiger charge is -2.17. The lowest BCUT2D eigenvalue weighted by molar-refractivity contribution is 0.448. The van der Waals surface area contributed by atoms with Crippen molar-refractivity contribution < 1.29 is 0 Å². The summed E-state index contributed by atoms with van der Waals surface area (Å²) in [5.74, 6) is 0.779. The third-order valence-corrected chi connectivity index (χ3v) is 3.59. The highest BCUT2D eigenvalue weighted by Gasteiger charge is 2.21. The van der Waals surface area contributed by atoms with E-state index in [-0.39, 0.29) is 0 Å². The maximum Gasteiger partial charge on any atom is 0.0291 e. The minimum Gasteiger partial charge on any atom is -0.328 e.